The fraction of sp³-hybridized carbons (Fsp3) is 0.280. The van der Waals surface area contributed by atoms with Crippen LogP contribution in [0.5, 0.6) is 5.75 Å². The summed E-state index contributed by atoms with van der Waals surface area (Å²) in [5.74, 6) is 0.284. The Morgan fingerprint density at radius 1 is 0.821 bits per heavy atom. The summed E-state index contributed by atoms with van der Waals surface area (Å²) in [6, 6.07) is 23.0. The predicted octanol–water partition coefficient (Wildman–Crippen LogP) is 2.84. The molecule has 0 heterocycles. The van der Waals surface area contributed by atoms with Crippen molar-refractivity contribution in [3.05, 3.63) is 96.1 Å². The van der Waals surface area contributed by atoms with Crippen LogP contribution in [0.2, 0.25) is 0 Å². The summed E-state index contributed by atoms with van der Waals surface area (Å²) in [6.07, 6.45) is 0. The van der Waals surface area contributed by atoms with Crippen LogP contribution in [0, 0.1) is 14.1 Å². The maximum Gasteiger partial charge on any atom is 0.358 e. The molecule has 0 fully saturated rings. The Hall–Kier alpha value is -1.85. The number of hydrogen-bond donors (Lipinski definition) is 1. The van der Waals surface area contributed by atoms with Crippen LogP contribution in [0.25, 0.3) is 0 Å². The molecule has 0 aliphatic heterocycles. The Morgan fingerprint density at radius 3 is 2.04 bits per heavy atom. The van der Waals surface area contributed by atoms with E-state index >= 15 is 0 Å². The standard InChI is InChI=1S/C25H27IO2/c1-18-15-20(17-28-16-19-5-12-23(27)13-6-19)7-14-24(18)26-22-10-8-21(9-11-22)25(2,3)4/h5-15H,16-17H2,1-4H3/p+1. The minimum Gasteiger partial charge on any atom is -0.508 e. The third-order valence-electron chi connectivity index (χ3n) is 4.62. The van der Waals surface area contributed by atoms with Gasteiger partial charge in [0.15, 0.2) is 7.14 Å². The molecule has 0 radical (unpaired) electrons. The first-order chi connectivity index (χ1) is 13.3. The van der Waals surface area contributed by atoms with E-state index < -0.39 is 0 Å². The molecule has 0 spiro atoms. The normalized spacial score (nSPS) is 11.6. The molecule has 2 nitrogen and oxygen atoms in total. The molecule has 0 saturated carbocycles. The maximum atomic E-state index is 9.33. The summed E-state index contributed by atoms with van der Waals surface area (Å²) in [4.78, 5) is 0. The summed E-state index contributed by atoms with van der Waals surface area (Å²) in [7, 11) is 0. The van der Waals surface area contributed by atoms with Crippen molar-refractivity contribution >= 4 is 0 Å². The number of halogens is 1. The molecule has 1 N–H and O–H groups in total. The van der Waals surface area contributed by atoms with Gasteiger partial charge in [-0.15, -0.1) is 0 Å². The SMILES string of the molecule is Cc1cc(COCc2ccc(O)cc2)ccc1[I+]c1ccc(C(C)(C)C)cc1. The summed E-state index contributed by atoms with van der Waals surface area (Å²) in [6.45, 7) is 10.1. The zero-order valence-electron chi connectivity index (χ0n) is 17.0. The van der Waals surface area contributed by atoms with E-state index in [9.17, 15) is 5.11 Å². The fourth-order valence-electron chi connectivity index (χ4n) is 2.91. The molecule has 0 unspecified atom stereocenters. The van der Waals surface area contributed by atoms with Crippen molar-refractivity contribution in [2.75, 3.05) is 0 Å². The van der Waals surface area contributed by atoms with E-state index in [1.807, 2.05) is 12.1 Å². The number of phenolic OH excluding ortho intramolecular Hbond substituents is 1. The van der Waals surface area contributed by atoms with Gasteiger partial charge in [0.25, 0.3) is 0 Å². The molecule has 3 rings (SSSR count). The second-order valence-corrected chi connectivity index (χ2v) is 11.0. The Labute approximate surface area is 178 Å². The Morgan fingerprint density at radius 2 is 1.43 bits per heavy atom. The van der Waals surface area contributed by atoms with Gasteiger partial charge in [0.05, 0.1) is 13.2 Å². The molecule has 3 aromatic rings. The molecule has 3 aromatic carbocycles. The number of benzene rings is 3. The monoisotopic (exact) mass is 487 g/mol. The van der Waals surface area contributed by atoms with Crippen LogP contribution in [0.4, 0.5) is 0 Å². The maximum absolute atomic E-state index is 9.33. The van der Waals surface area contributed by atoms with Crippen LogP contribution in [0.15, 0.2) is 66.7 Å². The summed E-state index contributed by atoms with van der Waals surface area (Å²) in [5, 5.41) is 9.33. The number of hydrogen-bond acceptors (Lipinski definition) is 2. The van der Waals surface area contributed by atoms with Crippen molar-refractivity contribution in [3.8, 4) is 5.75 Å². The van der Waals surface area contributed by atoms with Gasteiger partial charge in [-0.25, -0.2) is 0 Å². The minimum atomic E-state index is -0.173. The third kappa shape index (κ3) is 5.82. The van der Waals surface area contributed by atoms with E-state index in [0.717, 1.165) is 5.56 Å². The number of rotatable bonds is 6. The van der Waals surface area contributed by atoms with Gasteiger partial charge in [-0.3, -0.25) is 0 Å². The van der Waals surface area contributed by atoms with E-state index in [1.165, 1.54) is 23.8 Å². The largest absolute Gasteiger partial charge is 0.508 e. The zero-order valence-corrected chi connectivity index (χ0v) is 19.2. The highest BCUT2D eigenvalue weighted by atomic mass is 127. The van der Waals surface area contributed by atoms with E-state index in [4.69, 9.17) is 4.74 Å². The molecule has 0 aliphatic rings. The first kappa shape index (κ1) is 20.9. The van der Waals surface area contributed by atoms with E-state index in [1.54, 1.807) is 12.1 Å². The molecule has 0 saturated heterocycles. The van der Waals surface area contributed by atoms with Crippen molar-refractivity contribution in [2.24, 2.45) is 0 Å². The lowest BCUT2D eigenvalue weighted by Crippen LogP contribution is -3.61. The molecule has 3 heteroatoms. The van der Waals surface area contributed by atoms with Crippen LogP contribution in [0.3, 0.4) is 0 Å². The number of phenols is 1. The minimum absolute atomic E-state index is 0.173. The highest BCUT2D eigenvalue weighted by Crippen LogP contribution is 2.20. The first-order valence-electron chi connectivity index (χ1n) is 9.52. The summed E-state index contributed by atoms with van der Waals surface area (Å²) in [5.41, 5.74) is 5.20. The van der Waals surface area contributed by atoms with Gasteiger partial charge in [-0.1, -0.05) is 51.1 Å². The molecule has 0 atom stereocenters. The fourth-order valence-corrected chi connectivity index (χ4v) is 5.24. The highest BCUT2D eigenvalue weighted by molar-refractivity contribution is 5.26. The molecular formula is C25H28IO2+. The smallest absolute Gasteiger partial charge is 0.358 e. The number of aryl methyl sites for hydroxylation is 1. The van der Waals surface area contributed by atoms with E-state index in [0.29, 0.717) is 13.2 Å². The van der Waals surface area contributed by atoms with Gasteiger partial charge >= 0.3 is 21.2 Å². The molecule has 0 bridgehead atoms. The average molecular weight is 487 g/mol. The molecule has 146 valence electrons. The van der Waals surface area contributed by atoms with Gasteiger partial charge in [0.2, 0.25) is 0 Å². The summed E-state index contributed by atoms with van der Waals surface area (Å²) >= 11 is -0.173. The highest BCUT2D eigenvalue weighted by Gasteiger charge is 2.20. The zero-order chi connectivity index (χ0) is 20.1. The molecule has 0 aromatic heterocycles. The number of ether oxygens (including phenoxy) is 1. The first-order valence-corrected chi connectivity index (χ1v) is 11.7. The Bertz CT molecular complexity index is 907. The van der Waals surface area contributed by atoms with Gasteiger partial charge in [0.1, 0.15) is 5.75 Å². The predicted molar refractivity (Wildman–Crippen MR) is 110 cm³/mol. The quantitative estimate of drug-likeness (QED) is 0.542. The van der Waals surface area contributed by atoms with Crippen molar-refractivity contribution in [1.29, 1.82) is 0 Å². The van der Waals surface area contributed by atoms with E-state index in [2.05, 4.69) is 70.2 Å². The van der Waals surface area contributed by atoms with Crippen LogP contribution < -0.4 is 21.2 Å². The Balaban J connectivity index is 1.58. The lowest BCUT2D eigenvalue weighted by Gasteiger charge is -2.18. The van der Waals surface area contributed by atoms with Crippen LogP contribution >= 0.6 is 0 Å². The van der Waals surface area contributed by atoms with Crippen molar-refractivity contribution < 1.29 is 31.0 Å². The van der Waals surface area contributed by atoms with Crippen molar-refractivity contribution in [1.82, 2.24) is 0 Å². The second kappa shape index (κ2) is 9.10. The van der Waals surface area contributed by atoms with Gasteiger partial charge in [-0.2, -0.15) is 0 Å². The van der Waals surface area contributed by atoms with Crippen LogP contribution in [-0.4, -0.2) is 5.11 Å². The molecule has 0 aliphatic carbocycles. The van der Waals surface area contributed by atoms with Crippen LogP contribution in [0.1, 0.15) is 43.0 Å². The van der Waals surface area contributed by atoms with Crippen LogP contribution in [-0.2, 0) is 23.4 Å². The third-order valence-corrected chi connectivity index (χ3v) is 7.75. The second-order valence-electron chi connectivity index (χ2n) is 8.09. The lowest BCUT2D eigenvalue weighted by atomic mass is 9.87. The van der Waals surface area contributed by atoms with Gasteiger partial charge in [-0.05, 0) is 65.4 Å². The Kier molecular flexibility index (Phi) is 6.78. The van der Waals surface area contributed by atoms with Crippen molar-refractivity contribution in [3.63, 3.8) is 0 Å². The molecular weight excluding hydrogens is 459 g/mol. The summed E-state index contributed by atoms with van der Waals surface area (Å²) < 4.78 is 8.74. The number of aromatic hydroxyl groups is 1. The molecule has 0 amide bonds. The topological polar surface area (TPSA) is 29.5 Å². The van der Waals surface area contributed by atoms with Gasteiger partial charge in [0, 0.05) is 5.56 Å². The average Bonchev–Trinajstić information content (AvgIpc) is 2.65. The van der Waals surface area contributed by atoms with E-state index in [-0.39, 0.29) is 32.4 Å². The molecule has 28 heavy (non-hydrogen) atoms. The lowest BCUT2D eigenvalue weighted by molar-refractivity contribution is -0.598. The van der Waals surface area contributed by atoms with Gasteiger partial charge < -0.3 is 9.84 Å². The van der Waals surface area contributed by atoms with Crippen molar-refractivity contribution in [2.45, 2.75) is 46.3 Å².